The van der Waals surface area contributed by atoms with Crippen molar-refractivity contribution >= 4 is 11.2 Å². The van der Waals surface area contributed by atoms with Crippen molar-refractivity contribution in [3.8, 4) is 0 Å². The van der Waals surface area contributed by atoms with Crippen molar-refractivity contribution in [1.82, 2.24) is 18.7 Å². The highest BCUT2D eigenvalue weighted by Crippen LogP contribution is 2.13. The first-order chi connectivity index (χ1) is 9.14. The fourth-order valence-electron chi connectivity index (χ4n) is 1.95. The van der Waals surface area contributed by atoms with Gasteiger partial charge in [0, 0.05) is 14.1 Å². The molecule has 0 aliphatic heterocycles. The largest absolute Gasteiger partial charge is 0.388 e. The molecule has 8 heteroatoms. The monoisotopic (exact) mass is 282 g/mol. The second-order valence-corrected chi connectivity index (χ2v) is 5.44. The molecule has 2 heterocycles. The molecular formula is C12H18N4O4. The van der Waals surface area contributed by atoms with Crippen LogP contribution in [0.4, 0.5) is 0 Å². The Bertz CT molecular complexity index is 763. The molecule has 110 valence electrons. The van der Waals surface area contributed by atoms with Gasteiger partial charge in [-0.3, -0.25) is 13.9 Å². The Balaban J connectivity index is 2.64. The summed E-state index contributed by atoms with van der Waals surface area (Å²) in [6.45, 7) is 2.96. The van der Waals surface area contributed by atoms with Crippen LogP contribution >= 0.6 is 0 Å². The quantitative estimate of drug-likeness (QED) is 0.718. The first-order valence-electron chi connectivity index (χ1n) is 6.16. The van der Waals surface area contributed by atoms with Crippen LogP contribution in [0.25, 0.3) is 11.2 Å². The first-order valence-corrected chi connectivity index (χ1v) is 6.16. The molecule has 0 saturated carbocycles. The molecular weight excluding hydrogens is 264 g/mol. The Morgan fingerprint density at radius 2 is 1.90 bits per heavy atom. The van der Waals surface area contributed by atoms with Crippen LogP contribution in [0, 0.1) is 0 Å². The van der Waals surface area contributed by atoms with E-state index in [1.807, 2.05) is 0 Å². The lowest BCUT2D eigenvalue weighted by molar-refractivity contribution is -0.0547. The van der Waals surface area contributed by atoms with Gasteiger partial charge in [0.1, 0.15) is 6.10 Å². The van der Waals surface area contributed by atoms with Crippen LogP contribution in [0.5, 0.6) is 0 Å². The molecule has 2 aromatic rings. The van der Waals surface area contributed by atoms with Crippen LogP contribution in [-0.2, 0) is 20.6 Å². The Hall–Kier alpha value is -1.93. The Kier molecular flexibility index (Phi) is 3.31. The third kappa shape index (κ3) is 2.16. The van der Waals surface area contributed by atoms with E-state index < -0.39 is 23.0 Å². The third-order valence-corrected chi connectivity index (χ3v) is 3.40. The minimum atomic E-state index is -1.30. The molecule has 0 radical (unpaired) electrons. The molecule has 0 spiro atoms. The molecule has 0 amide bonds. The minimum absolute atomic E-state index is 0.00738. The Labute approximate surface area is 114 Å². The van der Waals surface area contributed by atoms with Gasteiger partial charge in [0.05, 0.1) is 18.5 Å². The topological polar surface area (TPSA) is 102 Å². The van der Waals surface area contributed by atoms with Gasteiger partial charge in [-0.2, -0.15) is 0 Å². The predicted octanol–water partition coefficient (Wildman–Crippen LogP) is -1.43. The smallest absolute Gasteiger partial charge is 0.332 e. The number of aliphatic hydroxyl groups excluding tert-OH is 1. The Morgan fingerprint density at radius 3 is 2.45 bits per heavy atom. The van der Waals surface area contributed by atoms with E-state index in [0.717, 1.165) is 4.57 Å². The van der Waals surface area contributed by atoms with Crippen LogP contribution in [0.15, 0.2) is 15.9 Å². The molecule has 2 aromatic heterocycles. The van der Waals surface area contributed by atoms with E-state index in [2.05, 4.69) is 4.98 Å². The van der Waals surface area contributed by atoms with Crippen molar-refractivity contribution in [3.05, 3.63) is 27.2 Å². The van der Waals surface area contributed by atoms with E-state index >= 15 is 0 Å². The molecule has 0 bridgehead atoms. The third-order valence-electron chi connectivity index (χ3n) is 3.40. The number of aliphatic hydroxyl groups is 2. The van der Waals surface area contributed by atoms with Crippen LogP contribution in [0.1, 0.15) is 13.8 Å². The summed E-state index contributed by atoms with van der Waals surface area (Å²) in [6.07, 6.45) is 0.308. The number of nitrogens with zero attached hydrogens (tertiary/aromatic N) is 4. The van der Waals surface area contributed by atoms with Crippen molar-refractivity contribution in [3.63, 3.8) is 0 Å². The highest BCUT2D eigenvalue weighted by Gasteiger charge is 2.26. The maximum Gasteiger partial charge on any atom is 0.332 e. The second-order valence-electron chi connectivity index (χ2n) is 5.44. The lowest BCUT2D eigenvalue weighted by Gasteiger charge is -2.24. The zero-order chi connectivity index (χ0) is 15.2. The average molecular weight is 282 g/mol. The van der Waals surface area contributed by atoms with E-state index in [9.17, 15) is 19.8 Å². The number of imidazole rings is 1. The lowest BCUT2D eigenvalue weighted by atomic mass is 10.0. The minimum Gasteiger partial charge on any atom is -0.388 e. The number of hydrogen-bond acceptors (Lipinski definition) is 5. The molecule has 1 atom stereocenters. The molecule has 0 aromatic carbocycles. The van der Waals surface area contributed by atoms with Crippen molar-refractivity contribution < 1.29 is 10.2 Å². The van der Waals surface area contributed by atoms with E-state index in [1.165, 1.54) is 43.4 Å². The number of hydrogen-bond donors (Lipinski definition) is 2. The van der Waals surface area contributed by atoms with Gasteiger partial charge in [-0.05, 0) is 13.8 Å². The van der Waals surface area contributed by atoms with Crippen LogP contribution in [-0.4, -0.2) is 40.6 Å². The van der Waals surface area contributed by atoms with Gasteiger partial charge in [-0.1, -0.05) is 0 Å². The number of rotatable bonds is 3. The Morgan fingerprint density at radius 1 is 1.30 bits per heavy atom. The summed E-state index contributed by atoms with van der Waals surface area (Å²) >= 11 is 0. The van der Waals surface area contributed by atoms with E-state index in [0.29, 0.717) is 0 Å². The van der Waals surface area contributed by atoms with Gasteiger partial charge in [-0.25, -0.2) is 9.78 Å². The van der Waals surface area contributed by atoms with Gasteiger partial charge in [0.2, 0.25) is 0 Å². The zero-order valence-corrected chi connectivity index (χ0v) is 11.9. The normalized spacial score (nSPS) is 13.9. The SMILES string of the molecule is Cn1c(=O)c2c(ncn2CC(O)C(C)(C)O)n(C)c1=O. The van der Waals surface area contributed by atoms with E-state index in [1.54, 1.807) is 0 Å². The summed E-state index contributed by atoms with van der Waals surface area (Å²) in [4.78, 5) is 28.0. The van der Waals surface area contributed by atoms with Gasteiger partial charge >= 0.3 is 5.69 Å². The van der Waals surface area contributed by atoms with Gasteiger partial charge < -0.3 is 14.8 Å². The number of aryl methyl sites for hydroxylation is 1. The maximum absolute atomic E-state index is 12.2. The molecule has 0 saturated heterocycles. The summed E-state index contributed by atoms with van der Waals surface area (Å²) < 4.78 is 3.69. The van der Waals surface area contributed by atoms with Crippen molar-refractivity contribution in [2.45, 2.75) is 32.1 Å². The second kappa shape index (κ2) is 4.57. The summed E-state index contributed by atoms with van der Waals surface area (Å²) in [5.41, 5.74) is -1.78. The standard InChI is InChI=1S/C12H18N4O4/c1-12(2,20)7(17)5-16-6-13-9-8(16)10(18)15(4)11(19)14(9)3/h6-7,17,20H,5H2,1-4H3. The summed E-state index contributed by atoms with van der Waals surface area (Å²) in [5, 5.41) is 19.7. The van der Waals surface area contributed by atoms with Gasteiger partial charge in [0.15, 0.2) is 11.2 Å². The molecule has 0 aliphatic rings. The molecule has 20 heavy (non-hydrogen) atoms. The number of aromatic nitrogens is 4. The van der Waals surface area contributed by atoms with E-state index in [-0.39, 0.29) is 17.7 Å². The van der Waals surface area contributed by atoms with Crippen molar-refractivity contribution in [2.75, 3.05) is 0 Å². The van der Waals surface area contributed by atoms with Gasteiger partial charge in [0.25, 0.3) is 5.56 Å². The van der Waals surface area contributed by atoms with E-state index in [4.69, 9.17) is 0 Å². The first kappa shape index (κ1) is 14.5. The fraction of sp³-hybridized carbons (Fsp3) is 0.583. The predicted molar refractivity (Wildman–Crippen MR) is 72.5 cm³/mol. The molecule has 2 N–H and O–H groups in total. The highest BCUT2D eigenvalue weighted by molar-refractivity contribution is 5.69. The molecule has 0 aliphatic carbocycles. The van der Waals surface area contributed by atoms with Crippen molar-refractivity contribution in [1.29, 1.82) is 0 Å². The zero-order valence-electron chi connectivity index (χ0n) is 11.9. The fourth-order valence-corrected chi connectivity index (χ4v) is 1.95. The molecule has 8 nitrogen and oxygen atoms in total. The van der Waals surface area contributed by atoms with Crippen LogP contribution < -0.4 is 11.2 Å². The maximum atomic E-state index is 12.2. The number of fused-ring (bicyclic) bond motifs is 1. The van der Waals surface area contributed by atoms with Crippen LogP contribution in [0.3, 0.4) is 0 Å². The summed E-state index contributed by atoms with van der Waals surface area (Å²) in [5.74, 6) is 0. The molecule has 2 rings (SSSR count). The lowest BCUT2D eigenvalue weighted by Crippen LogP contribution is -2.40. The summed E-state index contributed by atoms with van der Waals surface area (Å²) in [6, 6.07) is 0. The molecule has 1 unspecified atom stereocenters. The average Bonchev–Trinajstić information content (AvgIpc) is 2.76. The van der Waals surface area contributed by atoms with Gasteiger partial charge in [-0.15, -0.1) is 0 Å². The highest BCUT2D eigenvalue weighted by atomic mass is 16.3. The molecule has 0 fully saturated rings. The summed E-state index contributed by atoms with van der Waals surface area (Å²) in [7, 11) is 2.90. The van der Waals surface area contributed by atoms with Crippen molar-refractivity contribution in [2.24, 2.45) is 14.1 Å². The van der Waals surface area contributed by atoms with Crippen LogP contribution in [0.2, 0.25) is 0 Å².